The van der Waals surface area contributed by atoms with Crippen molar-refractivity contribution in [2.24, 2.45) is 0 Å². The van der Waals surface area contributed by atoms with Crippen LogP contribution < -0.4 is 14.8 Å². The number of carbonyl (C=O) groups is 1. The summed E-state index contributed by atoms with van der Waals surface area (Å²) in [6, 6.07) is 8.79. The van der Waals surface area contributed by atoms with Crippen LogP contribution in [0.1, 0.15) is 29.4 Å². The number of imidazole rings is 1. The van der Waals surface area contributed by atoms with Crippen molar-refractivity contribution in [3.8, 4) is 11.5 Å². The van der Waals surface area contributed by atoms with E-state index in [1.165, 1.54) is 21.3 Å². The summed E-state index contributed by atoms with van der Waals surface area (Å²) in [6.07, 6.45) is 6.45. The van der Waals surface area contributed by atoms with Gasteiger partial charge in [-0.2, -0.15) is 0 Å². The number of hydrogen-bond donors (Lipinski definition) is 1. The van der Waals surface area contributed by atoms with Gasteiger partial charge in [-0.1, -0.05) is 0 Å². The van der Waals surface area contributed by atoms with Crippen LogP contribution in [0.3, 0.4) is 0 Å². The number of esters is 1. The van der Waals surface area contributed by atoms with Gasteiger partial charge in [-0.15, -0.1) is 0 Å². The summed E-state index contributed by atoms with van der Waals surface area (Å²) in [7, 11) is 4.40. The summed E-state index contributed by atoms with van der Waals surface area (Å²) in [5, 5.41) is 3.35. The highest BCUT2D eigenvalue weighted by molar-refractivity contribution is 5.81. The summed E-state index contributed by atoms with van der Waals surface area (Å²) < 4.78 is 34.3. The molecule has 0 spiro atoms. The van der Waals surface area contributed by atoms with Crippen molar-refractivity contribution in [2.75, 3.05) is 41.5 Å². The summed E-state index contributed by atoms with van der Waals surface area (Å²) in [5.41, 5.74) is 0.598. The van der Waals surface area contributed by atoms with Crippen molar-refractivity contribution in [1.82, 2.24) is 14.9 Å². The van der Waals surface area contributed by atoms with Gasteiger partial charge >= 0.3 is 5.97 Å². The quantitative estimate of drug-likeness (QED) is 0.203. The summed E-state index contributed by atoms with van der Waals surface area (Å²) >= 11 is 0. The van der Waals surface area contributed by atoms with E-state index in [0.29, 0.717) is 35.1 Å². The Morgan fingerprint density at radius 1 is 1.09 bits per heavy atom. The molecular formula is C24H31N3O7. The summed E-state index contributed by atoms with van der Waals surface area (Å²) in [4.78, 5) is 16.8. The van der Waals surface area contributed by atoms with E-state index in [2.05, 4.69) is 10.3 Å². The third-order valence-corrected chi connectivity index (χ3v) is 4.95. The van der Waals surface area contributed by atoms with Crippen LogP contribution in [0.15, 0.2) is 53.5 Å². The zero-order chi connectivity index (χ0) is 24.2. The molecule has 1 unspecified atom stereocenters. The molecule has 3 aromatic rings. The molecule has 10 nitrogen and oxygen atoms in total. The number of carbonyl (C=O) groups excluding carboxylic acids is 1. The molecule has 34 heavy (non-hydrogen) atoms. The molecule has 0 fully saturated rings. The van der Waals surface area contributed by atoms with Crippen molar-refractivity contribution in [1.29, 1.82) is 0 Å². The van der Waals surface area contributed by atoms with E-state index in [0.717, 1.165) is 19.5 Å². The molecule has 0 aliphatic heterocycles. The number of aromatic nitrogens is 2. The van der Waals surface area contributed by atoms with Crippen molar-refractivity contribution in [3.05, 3.63) is 66.1 Å². The van der Waals surface area contributed by atoms with Crippen LogP contribution >= 0.6 is 0 Å². The topological polar surface area (TPSA) is 106 Å². The normalized spacial score (nSPS) is 11.9. The van der Waals surface area contributed by atoms with Crippen molar-refractivity contribution in [2.45, 2.75) is 25.4 Å². The number of aryl methyl sites for hydroxylation is 1. The fourth-order valence-electron chi connectivity index (χ4n) is 3.38. The number of ether oxygens (including phenoxy) is 5. The van der Waals surface area contributed by atoms with E-state index in [1.54, 1.807) is 36.8 Å². The number of hydrogen-bond acceptors (Lipinski definition) is 9. The van der Waals surface area contributed by atoms with E-state index in [9.17, 15) is 4.79 Å². The fraction of sp³-hybridized carbons (Fsp3) is 0.417. The van der Waals surface area contributed by atoms with Crippen molar-refractivity contribution < 1.29 is 32.9 Å². The molecule has 0 aliphatic rings. The van der Waals surface area contributed by atoms with Gasteiger partial charge in [0.05, 0.1) is 20.0 Å². The number of rotatable bonds is 15. The third kappa shape index (κ3) is 7.34. The zero-order valence-electron chi connectivity index (χ0n) is 19.7. The minimum atomic E-state index is -0.795. The van der Waals surface area contributed by atoms with Crippen LogP contribution in [0.25, 0.3) is 0 Å². The van der Waals surface area contributed by atoms with E-state index in [4.69, 9.17) is 28.1 Å². The zero-order valence-corrected chi connectivity index (χ0v) is 19.7. The lowest BCUT2D eigenvalue weighted by Gasteiger charge is -2.16. The maximum absolute atomic E-state index is 12.7. The molecule has 1 atom stereocenters. The second kappa shape index (κ2) is 13.4. The van der Waals surface area contributed by atoms with Gasteiger partial charge in [-0.3, -0.25) is 4.79 Å². The van der Waals surface area contributed by atoms with Crippen LogP contribution in [0.2, 0.25) is 0 Å². The third-order valence-electron chi connectivity index (χ3n) is 4.95. The lowest BCUT2D eigenvalue weighted by Crippen LogP contribution is -2.17. The molecule has 1 N–H and O–H groups in total. The highest BCUT2D eigenvalue weighted by atomic mass is 16.7. The lowest BCUT2D eigenvalue weighted by atomic mass is 9.96. The molecule has 2 aromatic heterocycles. The molecular weight excluding hydrogens is 442 g/mol. The molecule has 0 saturated heterocycles. The first-order chi connectivity index (χ1) is 16.6. The van der Waals surface area contributed by atoms with Gasteiger partial charge in [0, 0.05) is 39.2 Å². The Morgan fingerprint density at radius 3 is 2.44 bits per heavy atom. The second-order valence-electron chi connectivity index (χ2n) is 7.43. The molecule has 0 radical (unpaired) electrons. The average molecular weight is 474 g/mol. The van der Waals surface area contributed by atoms with E-state index in [1.807, 2.05) is 16.8 Å². The maximum Gasteiger partial charge on any atom is 0.320 e. The Balaban J connectivity index is 1.71. The first-order valence-electron chi connectivity index (χ1n) is 10.9. The molecule has 1 aromatic carbocycles. The maximum atomic E-state index is 12.7. The van der Waals surface area contributed by atoms with Gasteiger partial charge in [0.25, 0.3) is 0 Å². The Kier molecular flexibility index (Phi) is 9.96. The van der Waals surface area contributed by atoms with Crippen LogP contribution in [0.4, 0.5) is 0 Å². The van der Waals surface area contributed by atoms with Gasteiger partial charge in [-0.05, 0) is 42.8 Å². The predicted octanol–water partition coefficient (Wildman–Crippen LogP) is 2.93. The van der Waals surface area contributed by atoms with Crippen LogP contribution in [-0.4, -0.2) is 57.0 Å². The Labute approximate surface area is 198 Å². The molecule has 10 heteroatoms. The Bertz CT molecular complexity index is 978. The second-order valence-corrected chi connectivity index (χ2v) is 7.43. The number of benzene rings is 1. The molecule has 3 rings (SSSR count). The molecule has 0 aliphatic carbocycles. The SMILES string of the molecule is COCOc1cc(OCOC)cc(C(C(=O)OC)c2ccc(CNCCCn3ccnc3)o2)c1. The molecule has 184 valence electrons. The summed E-state index contributed by atoms with van der Waals surface area (Å²) in [6.45, 7) is 2.33. The van der Waals surface area contributed by atoms with Crippen molar-refractivity contribution in [3.63, 3.8) is 0 Å². The van der Waals surface area contributed by atoms with E-state index >= 15 is 0 Å². The number of nitrogens with one attached hydrogen (secondary N) is 1. The van der Waals surface area contributed by atoms with E-state index in [-0.39, 0.29) is 13.6 Å². The highest BCUT2D eigenvalue weighted by Crippen LogP contribution is 2.33. The largest absolute Gasteiger partial charge is 0.468 e. The summed E-state index contributed by atoms with van der Waals surface area (Å²) in [5.74, 6) is 0.876. The molecule has 0 amide bonds. The minimum absolute atomic E-state index is 0.0491. The minimum Gasteiger partial charge on any atom is -0.468 e. The molecule has 0 bridgehead atoms. The van der Waals surface area contributed by atoms with Crippen LogP contribution in [-0.2, 0) is 32.1 Å². The number of nitrogens with zero attached hydrogens (tertiary/aromatic N) is 2. The predicted molar refractivity (Wildman–Crippen MR) is 123 cm³/mol. The Hall–Kier alpha value is -3.34. The monoisotopic (exact) mass is 473 g/mol. The van der Waals surface area contributed by atoms with Crippen molar-refractivity contribution >= 4 is 5.97 Å². The molecule has 0 saturated carbocycles. The average Bonchev–Trinajstić information content (AvgIpc) is 3.54. The fourth-order valence-corrected chi connectivity index (χ4v) is 3.38. The van der Waals surface area contributed by atoms with Crippen LogP contribution in [0.5, 0.6) is 11.5 Å². The van der Waals surface area contributed by atoms with Crippen LogP contribution in [0, 0.1) is 0 Å². The van der Waals surface area contributed by atoms with Gasteiger partial charge in [0.15, 0.2) is 13.6 Å². The van der Waals surface area contributed by atoms with Gasteiger partial charge in [-0.25, -0.2) is 4.98 Å². The standard InChI is InChI=1S/C24H31N3O7/c1-29-16-32-20-11-18(12-21(13-20)33-17-30-2)23(24(28)31-3)22-6-5-19(34-22)14-25-7-4-9-27-10-8-26-15-27/h5-6,8,10-13,15,23,25H,4,7,9,14,16-17H2,1-3H3. The Morgan fingerprint density at radius 2 is 1.82 bits per heavy atom. The van der Waals surface area contributed by atoms with E-state index < -0.39 is 11.9 Å². The number of furan rings is 1. The first kappa shape index (κ1) is 25.3. The highest BCUT2D eigenvalue weighted by Gasteiger charge is 2.28. The van der Waals surface area contributed by atoms with Gasteiger partial charge in [0.2, 0.25) is 0 Å². The number of methoxy groups -OCH3 is 3. The van der Waals surface area contributed by atoms with Gasteiger partial charge in [0.1, 0.15) is 28.9 Å². The molecule has 2 heterocycles. The van der Waals surface area contributed by atoms with Gasteiger partial charge < -0.3 is 38.0 Å². The lowest BCUT2D eigenvalue weighted by molar-refractivity contribution is -0.141. The first-order valence-corrected chi connectivity index (χ1v) is 10.9. The smallest absolute Gasteiger partial charge is 0.320 e.